The molecule has 0 amide bonds. The number of nitrogens with zero attached hydrogens (tertiary/aromatic N) is 1. The van der Waals surface area contributed by atoms with Gasteiger partial charge < -0.3 is 4.98 Å². The van der Waals surface area contributed by atoms with Gasteiger partial charge in [0.25, 0.3) is 5.56 Å². The third-order valence-electron chi connectivity index (χ3n) is 3.21. The van der Waals surface area contributed by atoms with Crippen LogP contribution in [0.4, 0.5) is 0 Å². The predicted molar refractivity (Wildman–Crippen MR) is 89.0 cm³/mol. The molecule has 0 fully saturated rings. The maximum atomic E-state index is 12.5. The quantitative estimate of drug-likeness (QED) is 0.703. The minimum atomic E-state index is -0.125. The number of nitrogens with one attached hydrogen (secondary N) is 1. The van der Waals surface area contributed by atoms with Crippen LogP contribution < -0.4 is 5.56 Å². The summed E-state index contributed by atoms with van der Waals surface area (Å²) in [6, 6.07) is 12.5. The van der Waals surface area contributed by atoms with E-state index in [1.165, 1.54) is 4.57 Å². The van der Waals surface area contributed by atoms with Gasteiger partial charge in [-0.2, -0.15) is 0 Å². The van der Waals surface area contributed by atoms with Gasteiger partial charge in [0.15, 0.2) is 4.77 Å². The average Bonchev–Trinajstić information content (AvgIpc) is 2.47. The first-order chi connectivity index (χ1) is 10.1. The Labute approximate surface area is 135 Å². The lowest BCUT2D eigenvalue weighted by Crippen LogP contribution is -2.22. The molecule has 0 aliphatic rings. The molecule has 0 saturated heterocycles. The van der Waals surface area contributed by atoms with E-state index in [2.05, 4.69) is 4.98 Å². The van der Waals surface area contributed by atoms with Crippen LogP contribution in [0.1, 0.15) is 5.56 Å². The highest BCUT2D eigenvalue weighted by molar-refractivity contribution is 7.71. The first kappa shape index (κ1) is 14.3. The molecule has 3 aromatic rings. The molecule has 106 valence electrons. The molecule has 2 aromatic carbocycles. The van der Waals surface area contributed by atoms with Crippen molar-refractivity contribution in [3.8, 4) is 0 Å². The van der Waals surface area contributed by atoms with Crippen molar-refractivity contribution in [2.75, 3.05) is 0 Å². The molecule has 0 radical (unpaired) electrons. The number of benzene rings is 2. The van der Waals surface area contributed by atoms with Crippen molar-refractivity contribution in [3.05, 3.63) is 73.2 Å². The fourth-order valence-corrected chi connectivity index (χ4v) is 2.74. The summed E-state index contributed by atoms with van der Waals surface area (Å²) >= 11 is 17.2. The Balaban J connectivity index is 2.14. The zero-order valence-corrected chi connectivity index (χ0v) is 13.1. The maximum Gasteiger partial charge on any atom is 0.262 e. The molecule has 0 aliphatic heterocycles. The number of para-hydroxylation sites is 1. The van der Waals surface area contributed by atoms with Gasteiger partial charge in [0.2, 0.25) is 0 Å². The molecule has 3 rings (SSSR count). The first-order valence-corrected chi connectivity index (χ1v) is 7.38. The van der Waals surface area contributed by atoms with E-state index in [0.717, 1.165) is 11.1 Å². The Morgan fingerprint density at radius 3 is 2.62 bits per heavy atom. The lowest BCUT2D eigenvalue weighted by Gasteiger charge is -2.09. The maximum absolute atomic E-state index is 12.5. The summed E-state index contributed by atoms with van der Waals surface area (Å²) in [6.45, 7) is 0.343. The van der Waals surface area contributed by atoms with Crippen LogP contribution in [0, 0.1) is 4.77 Å². The smallest absolute Gasteiger partial charge is 0.262 e. The van der Waals surface area contributed by atoms with Gasteiger partial charge in [-0.3, -0.25) is 9.36 Å². The van der Waals surface area contributed by atoms with Crippen molar-refractivity contribution >= 4 is 46.3 Å². The van der Waals surface area contributed by atoms with Gasteiger partial charge in [-0.05, 0) is 42.0 Å². The number of hydrogen-bond donors (Lipinski definition) is 1. The summed E-state index contributed by atoms with van der Waals surface area (Å²) in [5.41, 5.74) is 1.47. The van der Waals surface area contributed by atoms with Gasteiger partial charge in [-0.15, -0.1) is 0 Å². The van der Waals surface area contributed by atoms with E-state index in [1.54, 1.807) is 18.2 Å². The molecule has 0 saturated carbocycles. The Kier molecular flexibility index (Phi) is 3.85. The van der Waals surface area contributed by atoms with Crippen molar-refractivity contribution in [1.82, 2.24) is 9.55 Å². The van der Waals surface area contributed by atoms with Gasteiger partial charge in [0.1, 0.15) is 0 Å². The fourth-order valence-electron chi connectivity index (χ4n) is 2.16. The van der Waals surface area contributed by atoms with Crippen LogP contribution in [-0.2, 0) is 6.54 Å². The van der Waals surface area contributed by atoms with Crippen molar-refractivity contribution < 1.29 is 0 Å². The molecule has 0 spiro atoms. The summed E-state index contributed by atoms with van der Waals surface area (Å²) in [5, 5.41) is 1.54. The van der Waals surface area contributed by atoms with Crippen LogP contribution in [-0.4, -0.2) is 9.55 Å². The second kappa shape index (κ2) is 5.64. The molecular formula is C15H10Cl2N2OS. The van der Waals surface area contributed by atoms with E-state index >= 15 is 0 Å². The molecule has 0 aliphatic carbocycles. The lowest BCUT2D eigenvalue weighted by atomic mass is 10.2. The van der Waals surface area contributed by atoms with Crippen molar-refractivity contribution in [3.63, 3.8) is 0 Å². The molecule has 0 bridgehead atoms. The number of halogens is 2. The van der Waals surface area contributed by atoms with Crippen LogP contribution in [0.2, 0.25) is 10.0 Å². The molecule has 0 unspecified atom stereocenters. The van der Waals surface area contributed by atoms with Gasteiger partial charge in [-0.25, -0.2) is 0 Å². The van der Waals surface area contributed by atoms with Crippen molar-refractivity contribution in [2.45, 2.75) is 6.54 Å². The second-order valence-electron chi connectivity index (χ2n) is 4.62. The molecule has 21 heavy (non-hydrogen) atoms. The van der Waals surface area contributed by atoms with Gasteiger partial charge in [-0.1, -0.05) is 41.4 Å². The number of H-pyrrole nitrogens is 1. The summed E-state index contributed by atoms with van der Waals surface area (Å²) in [7, 11) is 0. The number of hydrogen-bond acceptors (Lipinski definition) is 2. The van der Waals surface area contributed by atoms with Gasteiger partial charge >= 0.3 is 0 Å². The number of aromatic amines is 1. The van der Waals surface area contributed by atoms with Crippen LogP contribution >= 0.6 is 35.4 Å². The van der Waals surface area contributed by atoms with E-state index in [1.807, 2.05) is 24.3 Å². The van der Waals surface area contributed by atoms with Crippen LogP contribution in [0.3, 0.4) is 0 Å². The average molecular weight is 337 g/mol. The highest BCUT2D eigenvalue weighted by Gasteiger charge is 2.07. The second-order valence-corrected chi connectivity index (χ2v) is 5.82. The Morgan fingerprint density at radius 2 is 1.86 bits per heavy atom. The molecule has 3 nitrogen and oxygen atoms in total. The van der Waals surface area contributed by atoms with Crippen molar-refractivity contribution in [1.29, 1.82) is 0 Å². The minimum absolute atomic E-state index is 0.125. The molecule has 1 N–H and O–H groups in total. The van der Waals surface area contributed by atoms with E-state index in [9.17, 15) is 4.79 Å². The SMILES string of the molecule is O=c1c2ccccc2[nH]c(=S)n1Cc1ccc(Cl)c(Cl)c1. The first-order valence-electron chi connectivity index (χ1n) is 6.22. The topological polar surface area (TPSA) is 37.8 Å². The predicted octanol–water partition coefficient (Wildman–Crippen LogP) is 4.41. The largest absolute Gasteiger partial charge is 0.332 e. The molecule has 0 atom stereocenters. The zero-order chi connectivity index (χ0) is 15.0. The minimum Gasteiger partial charge on any atom is -0.332 e. The van der Waals surface area contributed by atoms with Crippen LogP contribution in [0.15, 0.2) is 47.3 Å². The normalized spacial score (nSPS) is 11.0. The van der Waals surface area contributed by atoms with Crippen molar-refractivity contribution in [2.24, 2.45) is 0 Å². The summed E-state index contributed by atoms with van der Waals surface area (Å²) < 4.78 is 1.89. The van der Waals surface area contributed by atoms with E-state index in [4.69, 9.17) is 35.4 Å². The van der Waals surface area contributed by atoms with E-state index in [0.29, 0.717) is 26.7 Å². The van der Waals surface area contributed by atoms with Crippen LogP contribution in [0.25, 0.3) is 10.9 Å². The Morgan fingerprint density at radius 1 is 1.10 bits per heavy atom. The molecule has 1 aromatic heterocycles. The number of aromatic nitrogens is 2. The summed E-state index contributed by atoms with van der Waals surface area (Å²) in [6.07, 6.45) is 0. The molecule has 6 heteroatoms. The standard InChI is InChI=1S/C15H10Cl2N2OS/c16-11-6-5-9(7-12(11)17)8-19-14(20)10-3-1-2-4-13(10)18-15(19)21/h1-7H,8H2,(H,18,21). The Hall–Kier alpha value is -1.62. The third kappa shape index (κ3) is 2.75. The summed E-state index contributed by atoms with van der Waals surface area (Å²) in [5.74, 6) is 0. The zero-order valence-electron chi connectivity index (χ0n) is 10.8. The Bertz CT molecular complexity index is 946. The number of fused-ring (bicyclic) bond motifs is 1. The lowest BCUT2D eigenvalue weighted by molar-refractivity contribution is 0.734. The van der Waals surface area contributed by atoms with Gasteiger partial charge in [0, 0.05) is 0 Å². The molecule has 1 heterocycles. The van der Waals surface area contributed by atoms with E-state index < -0.39 is 0 Å². The summed E-state index contributed by atoms with van der Waals surface area (Å²) in [4.78, 5) is 15.6. The number of rotatable bonds is 2. The fraction of sp³-hybridized carbons (Fsp3) is 0.0667. The van der Waals surface area contributed by atoms with E-state index in [-0.39, 0.29) is 5.56 Å². The van der Waals surface area contributed by atoms with Gasteiger partial charge in [0.05, 0.1) is 27.5 Å². The highest BCUT2D eigenvalue weighted by atomic mass is 35.5. The molecular weight excluding hydrogens is 327 g/mol. The van der Waals surface area contributed by atoms with Crippen LogP contribution in [0.5, 0.6) is 0 Å². The monoisotopic (exact) mass is 336 g/mol. The third-order valence-corrected chi connectivity index (χ3v) is 4.28. The highest BCUT2D eigenvalue weighted by Crippen LogP contribution is 2.22.